The Labute approximate surface area is 210 Å². The molecule has 36 heavy (non-hydrogen) atoms. The number of piperazine rings is 1. The van der Waals surface area contributed by atoms with Gasteiger partial charge in [-0.05, 0) is 29.8 Å². The van der Waals surface area contributed by atoms with Crippen LogP contribution in [0.1, 0.15) is 11.3 Å². The second-order valence-electron chi connectivity index (χ2n) is 9.28. The molecule has 0 N–H and O–H groups in total. The Morgan fingerprint density at radius 2 is 1.58 bits per heavy atom. The number of rotatable bonds is 6. The zero-order chi connectivity index (χ0) is 24.6. The van der Waals surface area contributed by atoms with Crippen LogP contribution < -0.4 is 24.2 Å². The van der Waals surface area contributed by atoms with Crippen LogP contribution in [0.4, 0.5) is 17.5 Å². The highest BCUT2D eigenvalue weighted by atomic mass is 16.5. The van der Waals surface area contributed by atoms with Crippen LogP contribution in [-0.2, 0) is 20.0 Å². The number of nitrogens with zero attached hydrogens (tertiary/aromatic N) is 7. The van der Waals surface area contributed by atoms with Crippen LogP contribution in [0.5, 0.6) is 11.5 Å². The Balaban J connectivity index is 1.28. The van der Waals surface area contributed by atoms with Crippen molar-refractivity contribution in [3.63, 3.8) is 0 Å². The first-order valence-electron chi connectivity index (χ1n) is 12.4. The van der Waals surface area contributed by atoms with Gasteiger partial charge in [0.1, 0.15) is 17.3 Å². The number of hydrogen-bond acceptors (Lipinski definition) is 8. The number of para-hydroxylation sites is 2. The van der Waals surface area contributed by atoms with Gasteiger partial charge in [0, 0.05) is 52.7 Å². The Kier molecular flexibility index (Phi) is 5.75. The zero-order valence-corrected chi connectivity index (χ0v) is 21.0. The Morgan fingerprint density at radius 3 is 2.33 bits per heavy atom. The third-order valence-corrected chi connectivity index (χ3v) is 7.16. The molecule has 2 aromatic heterocycles. The molecule has 0 bridgehead atoms. The number of aromatic nitrogens is 4. The Morgan fingerprint density at radius 1 is 0.833 bits per heavy atom. The molecule has 2 aliphatic heterocycles. The van der Waals surface area contributed by atoms with Gasteiger partial charge in [0.05, 0.1) is 31.0 Å². The van der Waals surface area contributed by atoms with Crippen LogP contribution in [0.2, 0.25) is 0 Å². The van der Waals surface area contributed by atoms with E-state index in [0.717, 1.165) is 91.4 Å². The molecular formula is C27H31N7O2. The van der Waals surface area contributed by atoms with Crippen LogP contribution in [0, 0.1) is 0 Å². The summed E-state index contributed by atoms with van der Waals surface area (Å²) in [6.45, 7) is 5.10. The molecule has 186 valence electrons. The highest BCUT2D eigenvalue weighted by Crippen LogP contribution is 2.35. The minimum atomic E-state index is 0.772. The van der Waals surface area contributed by atoms with E-state index in [-0.39, 0.29) is 0 Å². The predicted molar refractivity (Wildman–Crippen MR) is 141 cm³/mol. The van der Waals surface area contributed by atoms with Gasteiger partial charge >= 0.3 is 0 Å². The zero-order valence-electron chi connectivity index (χ0n) is 21.0. The van der Waals surface area contributed by atoms with E-state index in [9.17, 15) is 0 Å². The molecule has 2 aromatic carbocycles. The molecule has 4 aromatic rings. The van der Waals surface area contributed by atoms with Gasteiger partial charge in [0.25, 0.3) is 0 Å². The van der Waals surface area contributed by atoms with E-state index in [2.05, 4.69) is 39.0 Å². The van der Waals surface area contributed by atoms with Crippen LogP contribution >= 0.6 is 0 Å². The first-order valence-corrected chi connectivity index (χ1v) is 12.4. The van der Waals surface area contributed by atoms with Gasteiger partial charge in [-0.3, -0.25) is 0 Å². The molecule has 1 fully saturated rings. The molecule has 0 atom stereocenters. The van der Waals surface area contributed by atoms with Crippen molar-refractivity contribution in [3.8, 4) is 11.5 Å². The fourth-order valence-electron chi connectivity index (χ4n) is 5.23. The second-order valence-corrected chi connectivity index (χ2v) is 9.28. The fourth-order valence-corrected chi connectivity index (χ4v) is 5.23. The number of anilines is 3. The topological polar surface area (TPSA) is 71.8 Å². The standard InChI is InChI=1S/C27H31N7O2/c1-31-25-24-21(30-31)12-13-34(18-19-8-10-20(35-2)11-9-19)26(24)29-27(28-25)33-16-14-32(15-17-33)22-6-4-5-7-23(22)36-3/h4-11H,12-18H2,1-3H3. The van der Waals surface area contributed by atoms with Crippen molar-refractivity contribution in [1.29, 1.82) is 0 Å². The molecule has 0 spiro atoms. The fraction of sp³-hybridized carbons (Fsp3) is 0.370. The smallest absolute Gasteiger partial charge is 0.229 e. The third-order valence-electron chi connectivity index (χ3n) is 7.16. The molecule has 2 aliphatic rings. The van der Waals surface area contributed by atoms with E-state index in [4.69, 9.17) is 24.5 Å². The summed E-state index contributed by atoms with van der Waals surface area (Å²) in [5.41, 5.74) is 4.34. The van der Waals surface area contributed by atoms with Gasteiger partial charge in [-0.1, -0.05) is 24.3 Å². The lowest BCUT2D eigenvalue weighted by atomic mass is 10.1. The summed E-state index contributed by atoms with van der Waals surface area (Å²) in [5, 5.41) is 5.85. The largest absolute Gasteiger partial charge is 0.497 e. The van der Waals surface area contributed by atoms with Crippen molar-refractivity contribution in [1.82, 2.24) is 19.7 Å². The molecule has 9 heteroatoms. The van der Waals surface area contributed by atoms with Crippen molar-refractivity contribution in [3.05, 3.63) is 59.8 Å². The van der Waals surface area contributed by atoms with E-state index in [1.54, 1.807) is 14.2 Å². The summed E-state index contributed by atoms with van der Waals surface area (Å²) in [4.78, 5) is 17.1. The number of aryl methyl sites for hydroxylation is 1. The van der Waals surface area contributed by atoms with E-state index in [0.29, 0.717) is 0 Å². The molecule has 0 amide bonds. The summed E-state index contributed by atoms with van der Waals surface area (Å²) in [6, 6.07) is 16.5. The number of benzene rings is 2. The number of ether oxygens (including phenoxy) is 2. The summed E-state index contributed by atoms with van der Waals surface area (Å²) in [6.07, 6.45) is 0.890. The molecule has 4 heterocycles. The SMILES string of the molecule is COc1ccc(CN2CCc3nn(C)c4nc(N5CCN(c6ccccc6OC)CC5)nc2c34)cc1. The van der Waals surface area contributed by atoms with Crippen molar-refractivity contribution in [2.75, 3.05) is 61.6 Å². The van der Waals surface area contributed by atoms with Gasteiger partial charge in [-0.2, -0.15) is 15.1 Å². The average molecular weight is 486 g/mol. The first-order chi connectivity index (χ1) is 17.6. The summed E-state index contributed by atoms with van der Waals surface area (Å²) < 4.78 is 12.8. The maximum atomic E-state index is 5.58. The lowest BCUT2D eigenvalue weighted by molar-refractivity contribution is 0.413. The molecular weight excluding hydrogens is 454 g/mol. The van der Waals surface area contributed by atoms with Crippen LogP contribution in [0.15, 0.2) is 48.5 Å². The highest BCUT2D eigenvalue weighted by molar-refractivity contribution is 5.92. The monoisotopic (exact) mass is 485 g/mol. The highest BCUT2D eigenvalue weighted by Gasteiger charge is 2.28. The normalized spacial score (nSPS) is 15.5. The van der Waals surface area contributed by atoms with Crippen molar-refractivity contribution in [2.24, 2.45) is 7.05 Å². The maximum Gasteiger partial charge on any atom is 0.229 e. The quantitative estimate of drug-likeness (QED) is 0.412. The molecule has 9 nitrogen and oxygen atoms in total. The van der Waals surface area contributed by atoms with Gasteiger partial charge in [0.2, 0.25) is 5.95 Å². The average Bonchev–Trinajstić information content (AvgIpc) is 3.26. The van der Waals surface area contributed by atoms with Gasteiger partial charge in [-0.15, -0.1) is 0 Å². The van der Waals surface area contributed by atoms with Crippen LogP contribution in [0.25, 0.3) is 11.0 Å². The third kappa shape index (κ3) is 3.94. The van der Waals surface area contributed by atoms with Crippen molar-refractivity contribution < 1.29 is 9.47 Å². The van der Waals surface area contributed by atoms with Gasteiger partial charge in [-0.25, -0.2) is 4.68 Å². The van der Waals surface area contributed by atoms with Crippen LogP contribution in [-0.4, -0.2) is 66.7 Å². The van der Waals surface area contributed by atoms with Crippen LogP contribution in [0.3, 0.4) is 0 Å². The number of methoxy groups -OCH3 is 2. The lowest BCUT2D eigenvalue weighted by Gasteiger charge is -2.37. The van der Waals surface area contributed by atoms with E-state index >= 15 is 0 Å². The van der Waals surface area contributed by atoms with E-state index < -0.39 is 0 Å². The maximum absolute atomic E-state index is 5.58. The molecule has 0 saturated carbocycles. The van der Waals surface area contributed by atoms with Gasteiger partial charge < -0.3 is 24.2 Å². The Bertz CT molecular complexity index is 1380. The lowest BCUT2D eigenvalue weighted by Crippen LogP contribution is -2.47. The minimum Gasteiger partial charge on any atom is -0.497 e. The minimum absolute atomic E-state index is 0.772. The Hall–Kier alpha value is -4.01. The van der Waals surface area contributed by atoms with Crippen molar-refractivity contribution >= 4 is 28.5 Å². The number of hydrogen-bond donors (Lipinski definition) is 0. The molecule has 1 saturated heterocycles. The summed E-state index contributed by atoms with van der Waals surface area (Å²) in [5.74, 6) is 3.52. The molecule has 0 radical (unpaired) electrons. The van der Waals surface area contributed by atoms with E-state index in [1.165, 1.54) is 5.56 Å². The molecule has 0 aliphatic carbocycles. The van der Waals surface area contributed by atoms with Gasteiger partial charge in [0.15, 0.2) is 5.65 Å². The summed E-state index contributed by atoms with van der Waals surface area (Å²) >= 11 is 0. The predicted octanol–water partition coefficient (Wildman–Crippen LogP) is 3.27. The molecule has 0 unspecified atom stereocenters. The first kappa shape index (κ1) is 22.5. The van der Waals surface area contributed by atoms with E-state index in [1.807, 2.05) is 36.0 Å². The molecule has 6 rings (SSSR count). The summed E-state index contributed by atoms with van der Waals surface area (Å²) in [7, 11) is 5.40. The second kappa shape index (κ2) is 9.22. The van der Waals surface area contributed by atoms with Crippen molar-refractivity contribution in [2.45, 2.75) is 13.0 Å².